The minimum atomic E-state index is 0.453. The van der Waals surface area contributed by atoms with Gasteiger partial charge < -0.3 is 5.32 Å². The quantitative estimate of drug-likeness (QED) is 0.734. The summed E-state index contributed by atoms with van der Waals surface area (Å²) >= 11 is 0. The third-order valence-electron chi connectivity index (χ3n) is 1.70. The molecule has 0 fully saturated rings. The van der Waals surface area contributed by atoms with Gasteiger partial charge in [0.1, 0.15) is 0 Å². The van der Waals surface area contributed by atoms with E-state index in [0.717, 1.165) is 12.2 Å². The van der Waals surface area contributed by atoms with Gasteiger partial charge in [-0.1, -0.05) is 13.8 Å². The Hall–Kier alpha value is -0.960. The lowest BCUT2D eigenvalue weighted by atomic mass is 10.1. The van der Waals surface area contributed by atoms with Crippen molar-refractivity contribution in [3.63, 3.8) is 0 Å². The van der Waals surface area contributed by atoms with Crippen molar-refractivity contribution in [2.75, 3.05) is 7.05 Å². The topological polar surface area (TPSA) is 37.8 Å². The molecule has 1 aromatic rings. The largest absolute Gasteiger partial charge is 0.316 e. The number of nitrogens with one attached hydrogen (secondary N) is 1. The molecule has 0 spiro atoms. The van der Waals surface area contributed by atoms with Crippen molar-refractivity contribution in [1.29, 1.82) is 0 Å². The predicted octanol–water partition coefficient (Wildman–Crippen LogP) is 1.32. The highest BCUT2D eigenvalue weighted by Gasteiger charge is 2.01. The van der Waals surface area contributed by atoms with Crippen LogP contribution in [0.1, 0.15) is 31.0 Å². The Labute approximate surface area is 73.2 Å². The van der Waals surface area contributed by atoms with Crippen LogP contribution in [0.25, 0.3) is 0 Å². The number of rotatable bonds is 3. The first-order valence-electron chi connectivity index (χ1n) is 4.20. The molecule has 1 N–H and O–H groups in total. The van der Waals surface area contributed by atoms with Gasteiger partial charge in [0.25, 0.3) is 0 Å². The van der Waals surface area contributed by atoms with E-state index in [-0.39, 0.29) is 0 Å². The van der Waals surface area contributed by atoms with Crippen LogP contribution in [0.2, 0.25) is 0 Å². The van der Waals surface area contributed by atoms with Crippen LogP contribution in [0.4, 0.5) is 0 Å². The maximum atomic E-state index is 4.04. The number of aromatic nitrogens is 2. The highest BCUT2D eigenvalue weighted by atomic mass is 15.1. The van der Waals surface area contributed by atoms with E-state index in [0.29, 0.717) is 5.92 Å². The van der Waals surface area contributed by atoms with Crippen LogP contribution in [0.15, 0.2) is 12.3 Å². The lowest BCUT2D eigenvalue weighted by Gasteiger charge is -2.04. The summed E-state index contributed by atoms with van der Waals surface area (Å²) in [6, 6.07) is 2.09. The average molecular weight is 165 g/mol. The molecule has 0 saturated heterocycles. The summed E-state index contributed by atoms with van der Waals surface area (Å²) in [4.78, 5) is 0. The van der Waals surface area contributed by atoms with Gasteiger partial charge in [-0.25, -0.2) is 0 Å². The smallest absolute Gasteiger partial charge is 0.0659 e. The standard InChI is InChI=1S/C9H15N3/c1-7(2)9-4-8(5-10-3)6-11-12-9/h4,6-7,10H,5H2,1-3H3. The first kappa shape index (κ1) is 9.13. The molecule has 1 aromatic heterocycles. The molecule has 0 aliphatic heterocycles. The Kier molecular flexibility index (Phi) is 3.17. The van der Waals surface area contributed by atoms with E-state index in [4.69, 9.17) is 0 Å². The summed E-state index contributed by atoms with van der Waals surface area (Å²) in [5, 5.41) is 11.1. The average Bonchev–Trinajstić information content (AvgIpc) is 2.05. The van der Waals surface area contributed by atoms with Gasteiger partial charge in [-0.15, -0.1) is 0 Å². The van der Waals surface area contributed by atoms with E-state index in [2.05, 4.69) is 35.4 Å². The minimum absolute atomic E-state index is 0.453. The van der Waals surface area contributed by atoms with E-state index in [1.807, 2.05) is 7.05 Å². The molecule has 0 bridgehead atoms. The zero-order chi connectivity index (χ0) is 8.97. The molecule has 66 valence electrons. The van der Waals surface area contributed by atoms with Crippen molar-refractivity contribution >= 4 is 0 Å². The second kappa shape index (κ2) is 4.16. The minimum Gasteiger partial charge on any atom is -0.316 e. The van der Waals surface area contributed by atoms with Crippen LogP contribution in [-0.4, -0.2) is 17.2 Å². The number of hydrogen-bond donors (Lipinski definition) is 1. The van der Waals surface area contributed by atoms with Crippen LogP contribution >= 0.6 is 0 Å². The summed E-state index contributed by atoms with van der Waals surface area (Å²) in [7, 11) is 1.93. The summed E-state index contributed by atoms with van der Waals surface area (Å²) in [5.41, 5.74) is 2.25. The SMILES string of the molecule is CNCc1cnnc(C(C)C)c1. The highest BCUT2D eigenvalue weighted by Crippen LogP contribution is 2.10. The van der Waals surface area contributed by atoms with Crippen molar-refractivity contribution in [3.8, 4) is 0 Å². The van der Waals surface area contributed by atoms with Gasteiger partial charge in [0.2, 0.25) is 0 Å². The summed E-state index contributed by atoms with van der Waals surface area (Å²) < 4.78 is 0. The van der Waals surface area contributed by atoms with E-state index >= 15 is 0 Å². The maximum absolute atomic E-state index is 4.04. The fraction of sp³-hybridized carbons (Fsp3) is 0.556. The molecular weight excluding hydrogens is 150 g/mol. The molecular formula is C9H15N3. The Morgan fingerprint density at radius 2 is 2.25 bits per heavy atom. The second-order valence-corrected chi connectivity index (χ2v) is 3.17. The van der Waals surface area contributed by atoms with Gasteiger partial charge in [-0.05, 0) is 24.6 Å². The van der Waals surface area contributed by atoms with Crippen LogP contribution in [0, 0.1) is 0 Å². The molecule has 0 aliphatic carbocycles. The van der Waals surface area contributed by atoms with Crippen LogP contribution < -0.4 is 5.32 Å². The van der Waals surface area contributed by atoms with Crippen molar-refractivity contribution in [2.24, 2.45) is 0 Å². The lowest BCUT2D eigenvalue weighted by Crippen LogP contribution is -2.07. The lowest BCUT2D eigenvalue weighted by molar-refractivity contribution is 0.755. The molecule has 0 unspecified atom stereocenters. The Balaban J connectivity index is 2.81. The Bertz CT molecular complexity index is 245. The second-order valence-electron chi connectivity index (χ2n) is 3.17. The predicted molar refractivity (Wildman–Crippen MR) is 48.9 cm³/mol. The van der Waals surface area contributed by atoms with Gasteiger partial charge in [0, 0.05) is 6.54 Å². The van der Waals surface area contributed by atoms with Gasteiger partial charge in [-0.2, -0.15) is 10.2 Å². The number of hydrogen-bond acceptors (Lipinski definition) is 3. The van der Waals surface area contributed by atoms with Crippen LogP contribution in [-0.2, 0) is 6.54 Å². The van der Waals surface area contributed by atoms with Crippen molar-refractivity contribution in [3.05, 3.63) is 23.5 Å². The first-order chi connectivity index (χ1) is 5.74. The molecule has 1 rings (SSSR count). The van der Waals surface area contributed by atoms with Crippen molar-refractivity contribution < 1.29 is 0 Å². The van der Waals surface area contributed by atoms with Crippen molar-refractivity contribution in [2.45, 2.75) is 26.3 Å². The Morgan fingerprint density at radius 1 is 1.50 bits per heavy atom. The van der Waals surface area contributed by atoms with E-state index in [1.54, 1.807) is 6.20 Å². The molecule has 3 heteroatoms. The molecule has 0 amide bonds. The summed E-state index contributed by atoms with van der Waals surface area (Å²) in [6.07, 6.45) is 1.79. The molecule has 0 atom stereocenters. The van der Waals surface area contributed by atoms with Gasteiger partial charge in [0.05, 0.1) is 11.9 Å². The third-order valence-corrected chi connectivity index (χ3v) is 1.70. The fourth-order valence-corrected chi connectivity index (χ4v) is 1.01. The molecule has 3 nitrogen and oxygen atoms in total. The summed E-state index contributed by atoms with van der Waals surface area (Å²) in [6.45, 7) is 5.09. The van der Waals surface area contributed by atoms with Crippen molar-refractivity contribution in [1.82, 2.24) is 15.5 Å². The van der Waals surface area contributed by atoms with E-state index in [9.17, 15) is 0 Å². The molecule has 0 saturated carbocycles. The molecule has 0 aliphatic rings. The van der Waals surface area contributed by atoms with Crippen LogP contribution in [0.3, 0.4) is 0 Å². The molecule has 1 heterocycles. The fourth-order valence-electron chi connectivity index (χ4n) is 1.01. The van der Waals surface area contributed by atoms with E-state index in [1.165, 1.54) is 5.56 Å². The summed E-state index contributed by atoms with van der Waals surface area (Å²) in [5.74, 6) is 0.453. The van der Waals surface area contributed by atoms with Crippen LogP contribution in [0.5, 0.6) is 0 Å². The zero-order valence-corrected chi connectivity index (χ0v) is 7.83. The van der Waals surface area contributed by atoms with Gasteiger partial charge >= 0.3 is 0 Å². The Morgan fingerprint density at radius 3 is 2.83 bits per heavy atom. The van der Waals surface area contributed by atoms with Gasteiger partial charge in [0.15, 0.2) is 0 Å². The zero-order valence-electron chi connectivity index (χ0n) is 7.83. The monoisotopic (exact) mass is 165 g/mol. The molecule has 0 aromatic carbocycles. The van der Waals surface area contributed by atoms with Gasteiger partial charge in [-0.3, -0.25) is 0 Å². The maximum Gasteiger partial charge on any atom is 0.0659 e. The molecule has 12 heavy (non-hydrogen) atoms. The number of nitrogens with zero attached hydrogens (tertiary/aromatic N) is 2. The van der Waals surface area contributed by atoms with E-state index < -0.39 is 0 Å². The normalized spacial score (nSPS) is 10.7. The first-order valence-corrected chi connectivity index (χ1v) is 4.20. The third kappa shape index (κ3) is 2.27. The highest BCUT2D eigenvalue weighted by molar-refractivity contribution is 5.14. The molecule has 0 radical (unpaired) electrons.